The molecule has 0 aromatic heterocycles. The van der Waals surface area contributed by atoms with Crippen LogP contribution in [0.5, 0.6) is 0 Å². The third-order valence-corrected chi connectivity index (χ3v) is 6.24. The molecular weight excluding hydrogens is 402 g/mol. The van der Waals surface area contributed by atoms with E-state index in [1.165, 1.54) is 0 Å². The van der Waals surface area contributed by atoms with Gasteiger partial charge in [-0.3, -0.25) is 14.4 Å². The van der Waals surface area contributed by atoms with E-state index in [0.717, 1.165) is 24.8 Å². The molecule has 4 rings (SSSR count). The predicted molar refractivity (Wildman–Crippen MR) is 118 cm³/mol. The zero-order valence-electron chi connectivity index (χ0n) is 16.8. The van der Waals surface area contributed by atoms with Crippen LogP contribution < -0.4 is 15.5 Å². The van der Waals surface area contributed by atoms with Gasteiger partial charge in [0.2, 0.25) is 17.7 Å². The highest BCUT2D eigenvalue weighted by Gasteiger charge is 2.35. The molecule has 1 aliphatic carbocycles. The van der Waals surface area contributed by atoms with Crippen molar-refractivity contribution in [3.05, 3.63) is 53.1 Å². The highest BCUT2D eigenvalue weighted by molar-refractivity contribution is 6.31. The Morgan fingerprint density at radius 1 is 1.00 bits per heavy atom. The number of carbonyl (C=O) groups excluding carboxylic acids is 3. The van der Waals surface area contributed by atoms with Gasteiger partial charge in [0.1, 0.15) is 0 Å². The minimum atomic E-state index is -0.453. The van der Waals surface area contributed by atoms with E-state index in [1.54, 1.807) is 29.2 Å². The van der Waals surface area contributed by atoms with Crippen molar-refractivity contribution in [2.75, 3.05) is 22.1 Å². The Balaban J connectivity index is 1.41. The number of carbonyl (C=O) groups is 3. The lowest BCUT2D eigenvalue weighted by Gasteiger charge is -2.24. The molecule has 2 aliphatic rings. The van der Waals surface area contributed by atoms with E-state index in [1.807, 2.05) is 25.1 Å². The van der Waals surface area contributed by atoms with Gasteiger partial charge in [-0.15, -0.1) is 0 Å². The van der Waals surface area contributed by atoms with Crippen LogP contribution in [-0.4, -0.2) is 24.3 Å². The Morgan fingerprint density at radius 2 is 1.70 bits per heavy atom. The van der Waals surface area contributed by atoms with E-state index in [0.29, 0.717) is 28.6 Å². The zero-order valence-corrected chi connectivity index (χ0v) is 17.5. The quantitative estimate of drug-likeness (QED) is 0.746. The molecule has 0 bridgehead atoms. The molecule has 2 aromatic carbocycles. The summed E-state index contributed by atoms with van der Waals surface area (Å²) in [5, 5.41) is 6.36. The number of anilines is 3. The smallest absolute Gasteiger partial charge is 0.229 e. The van der Waals surface area contributed by atoms with Crippen LogP contribution in [0.25, 0.3) is 0 Å². The SMILES string of the molecule is Cc1ccc(NC(=O)[C@@H]2CC(=O)N(c3cccc(NC(=O)C4CCC4)c3)C2)cc1Cl. The minimum absolute atomic E-state index is 0.0279. The Hall–Kier alpha value is -2.86. The summed E-state index contributed by atoms with van der Waals surface area (Å²) in [7, 11) is 0. The van der Waals surface area contributed by atoms with Crippen molar-refractivity contribution in [2.45, 2.75) is 32.6 Å². The molecule has 1 aliphatic heterocycles. The van der Waals surface area contributed by atoms with Crippen LogP contribution in [0.3, 0.4) is 0 Å². The number of aryl methyl sites for hydroxylation is 1. The van der Waals surface area contributed by atoms with Gasteiger partial charge in [0.25, 0.3) is 0 Å². The normalized spacial score (nSPS) is 18.8. The van der Waals surface area contributed by atoms with Crippen LogP contribution >= 0.6 is 11.6 Å². The molecule has 2 fully saturated rings. The lowest BCUT2D eigenvalue weighted by Crippen LogP contribution is -2.29. The summed E-state index contributed by atoms with van der Waals surface area (Å²) in [6.45, 7) is 2.19. The first-order valence-electron chi connectivity index (χ1n) is 10.2. The molecule has 0 radical (unpaired) electrons. The summed E-state index contributed by atoms with van der Waals surface area (Å²) in [6, 6.07) is 12.6. The van der Waals surface area contributed by atoms with Crippen LogP contribution in [-0.2, 0) is 14.4 Å². The van der Waals surface area contributed by atoms with Crippen LogP contribution in [0.4, 0.5) is 17.1 Å². The lowest BCUT2D eigenvalue weighted by molar-refractivity contribution is -0.122. The lowest BCUT2D eigenvalue weighted by atomic mass is 9.85. The first-order valence-corrected chi connectivity index (χ1v) is 10.6. The second kappa shape index (κ2) is 8.48. The topological polar surface area (TPSA) is 78.5 Å². The van der Waals surface area contributed by atoms with Gasteiger partial charge in [0.15, 0.2) is 0 Å². The predicted octanol–water partition coefficient (Wildman–Crippen LogP) is 4.38. The molecule has 6 nitrogen and oxygen atoms in total. The molecule has 7 heteroatoms. The molecule has 156 valence electrons. The Kier molecular flexibility index (Phi) is 5.77. The van der Waals surface area contributed by atoms with Gasteiger partial charge in [-0.2, -0.15) is 0 Å². The number of hydrogen-bond acceptors (Lipinski definition) is 3. The average molecular weight is 426 g/mol. The van der Waals surface area contributed by atoms with Gasteiger partial charge in [0, 0.05) is 41.0 Å². The van der Waals surface area contributed by atoms with Gasteiger partial charge in [-0.25, -0.2) is 0 Å². The zero-order chi connectivity index (χ0) is 21.3. The number of nitrogens with one attached hydrogen (secondary N) is 2. The fraction of sp³-hybridized carbons (Fsp3) is 0.348. The number of amides is 3. The monoisotopic (exact) mass is 425 g/mol. The first-order chi connectivity index (χ1) is 14.4. The summed E-state index contributed by atoms with van der Waals surface area (Å²) >= 11 is 6.12. The fourth-order valence-electron chi connectivity index (χ4n) is 3.71. The molecule has 1 saturated heterocycles. The molecule has 1 heterocycles. The third kappa shape index (κ3) is 4.33. The van der Waals surface area contributed by atoms with Crippen LogP contribution in [0.2, 0.25) is 5.02 Å². The summed E-state index contributed by atoms with van der Waals surface area (Å²) < 4.78 is 0. The molecule has 0 unspecified atom stereocenters. The highest BCUT2D eigenvalue weighted by Crippen LogP contribution is 2.30. The molecule has 1 saturated carbocycles. The molecule has 1 atom stereocenters. The van der Waals surface area contributed by atoms with E-state index in [-0.39, 0.29) is 30.1 Å². The first kappa shape index (κ1) is 20.4. The summed E-state index contributed by atoms with van der Waals surface area (Å²) in [5.41, 5.74) is 2.89. The van der Waals surface area contributed by atoms with Gasteiger partial charge in [0.05, 0.1) is 5.92 Å². The number of nitrogens with zero attached hydrogens (tertiary/aromatic N) is 1. The van der Waals surface area contributed by atoms with Crippen LogP contribution in [0.1, 0.15) is 31.2 Å². The van der Waals surface area contributed by atoms with Crippen molar-refractivity contribution in [1.82, 2.24) is 0 Å². The summed E-state index contributed by atoms with van der Waals surface area (Å²) in [5.74, 6) is -0.656. The van der Waals surface area contributed by atoms with Crippen molar-refractivity contribution in [1.29, 1.82) is 0 Å². The van der Waals surface area contributed by atoms with Gasteiger partial charge in [-0.1, -0.05) is 30.2 Å². The maximum absolute atomic E-state index is 12.7. The van der Waals surface area contributed by atoms with E-state index in [4.69, 9.17) is 11.6 Å². The van der Waals surface area contributed by atoms with Crippen LogP contribution in [0, 0.1) is 18.8 Å². The van der Waals surface area contributed by atoms with Gasteiger partial charge < -0.3 is 15.5 Å². The minimum Gasteiger partial charge on any atom is -0.326 e. The maximum Gasteiger partial charge on any atom is 0.229 e. The number of halogens is 1. The summed E-state index contributed by atoms with van der Waals surface area (Å²) in [6.07, 6.45) is 3.10. The van der Waals surface area contributed by atoms with Crippen molar-refractivity contribution < 1.29 is 14.4 Å². The van der Waals surface area contributed by atoms with E-state index < -0.39 is 5.92 Å². The van der Waals surface area contributed by atoms with E-state index >= 15 is 0 Å². The molecule has 2 aromatic rings. The van der Waals surface area contributed by atoms with E-state index in [2.05, 4.69) is 10.6 Å². The van der Waals surface area contributed by atoms with Gasteiger partial charge in [-0.05, 0) is 55.7 Å². The number of hydrogen-bond donors (Lipinski definition) is 2. The van der Waals surface area contributed by atoms with Gasteiger partial charge >= 0.3 is 0 Å². The molecular formula is C23H24ClN3O3. The third-order valence-electron chi connectivity index (χ3n) is 5.84. The molecule has 2 N–H and O–H groups in total. The van der Waals surface area contributed by atoms with Crippen molar-refractivity contribution in [3.8, 4) is 0 Å². The second-order valence-corrected chi connectivity index (χ2v) is 8.43. The Bertz CT molecular complexity index is 1000. The Morgan fingerprint density at radius 3 is 2.37 bits per heavy atom. The fourth-order valence-corrected chi connectivity index (χ4v) is 3.89. The largest absolute Gasteiger partial charge is 0.326 e. The molecule has 30 heavy (non-hydrogen) atoms. The Labute approximate surface area is 180 Å². The van der Waals surface area contributed by atoms with Crippen LogP contribution in [0.15, 0.2) is 42.5 Å². The number of benzene rings is 2. The van der Waals surface area contributed by atoms with Crippen molar-refractivity contribution in [2.24, 2.45) is 11.8 Å². The highest BCUT2D eigenvalue weighted by atomic mass is 35.5. The standard InChI is InChI=1S/C23H24ClN3O3/c1-14-8-9-18(12-20(14)24)26-23(30)16-10-21(28)27(13-16)19-7-3-6-17(11-19)25-22(29)15-4-2-5-15/h3,6-9,11-12,15-16H,2,4-5,10,13H2,1H3,(H,25,29)(H,26,30)/t16-/m1/s1. The van der Waals surface area contributed by atoms with Crippen molar-refractivity contribution >= 4 is 46.4 Å². The summed E-state index contributed by atoms with van der Waals surface area (Å²) in [4.78, 5) is 39.0. The molecule has 3 amide bonds. The van der Waals surface area contributed by atoms with Crippen molar-refractivity contribution in [3.63, 3.8) is 0 Å². The van der Waals surface area contributed by atoms with E-state index in [9.17, 15) is 14.4 Å². The second-order valence-electron chi connectivity index (χ2n) is 8.03. The maximum atomic E-state index is 12.7. The average Bonchev–Trinajstić information content (AvgIpc) is 3.05. The molecule has 0 spiro atoms. The number of rotatable bonds is 5.